The Hall–Kier alpha value is -1.39. The molecule has 0 fully saturated rings. The number of nitrogen functional groups attached to an aromatic ring is 1. The normalized spacial score (nSPS) is 12.2. The lowest BCUT2D eigenvalue weighted by molar-refractivity contribution is 0.318. The molecule has 1 atom stereocenters. The van der Waals surface area contributed by atoms with Gasteiger partial charge >= 0.3 is 0 Å². The van der Waals surface area contributed by atoms with E-state index in [1.165, 1.54) is 4.88 Å². The van der Waals surface area contributed by atoms with E-state index in [9.17, 15) is 0 Å². The Bertz CT molecular complexity index is 571. The van der Waals surface area contributed by atoms with Gasteiger partial charge in [-0.25, -0.2) is 0 Å². The van der Waals surface area contributed by atoms with Crippen molar-refractivity contribution in [3.8, 4) is 5.75 Å². The van der Waals surface area contributed by atoms with Crippen LogP contribution in [0.25, 0.3) is 0 Å². The number of rotatable bonds is 6. The molecule has 5 heteroatoms. The van der Waals surface area contributed by atoms with Crippen LogP contribution in [0.1, 0.15) is 31.2 Å². The van der Waals surface area contributed by atoms with Crippen LogP contribution in [0.3, 0.4) is 0 Å². The van der Waals surface area contributed by atoms with Gasteiger partial charge in [-0.2, -0.15) is 0 Å². The number of ether oxygens (including phenoxy) is 1. The van der Waals surface area contributed by atoms with Gasteiger partial charge in [0.15, 0.2) is 0 Å². The zero-order valence-corrected chi connectivity index (χ0v) is 13.2. The summed E-state index contributed by atoms with van der Waals surface area (Å²) in [6.07, 6.45) is 0.974. The van der Waals surface area contributed by atoms with Crippen molar-refractivity contribution in [1.29, 1.82) is 0 Å². The average Bonchev–Trinajstić information content (AvgIpc) is 2.82. The second-order valence-electron chi connectivity index (χ2n) is 4.65. The van der Waals surface area contributed by atoms with E-state index in [1.54, 1.807) is 11.3 Å². The van der Waals surface area contributed by atoms with Gasteiger partial charge in [0.05, 0.1) is 17.0 Å². The molecule has 0 aliphatic rings. The maximum absolute atomic E-state index is 5.97. The molecule has 1 heterocycles. The molecule has 1 unspecified atom stereocenters. The SMILES string of the molecule is CCCOc1cc(N)cc(NC(C)c2ccc(Cl)s2)c1. The van der Waals surface area contributed by atoms with Gasteiger partial charge in [0, 0.05) is 28.4 Å². The van der Waals surface area contributed by atoms with Crippen LogP contribution in [0, 0.1) is 0 Å². The Morgan fingerprint density at radius 1 is 1.35 bits per heavy atom. The third-order valence-electron chi connectivity index (χ3n) is 2.81. The molecule has 0 aliphatic carbocycles. The monoisotopic (exact) mass is 310 g/mol. The van der Waals surface area contributed by atoms with E-state index in [0.29, 0.717) is 12.3 Å². The maximum Gasteiger partial charge on any atom is 0.123 e. The summed E-state index contributed by atoms with van der Waals surface area (Å²) in [6, 6.07) is 9.84. The molecule has 0 bridgehead atoms. The van der Waals surface area contributed by atoms with Gasteiger partial charge in [-0.05, 0) is 31.5 Å². The van der Waals surface area contributed by atoms with Crippen molar-refractivity contribution in [2.45, 2.75) is 26.3 Å². The topological polar surface area (TPSA) is 47.3 Å². The van der Waals surface area contributed by atoms with Crippen molar-refractivity contribution in [2.24, 2.45) is 0 Å². The largest absolute Gasteiger partial charge is 0.493 e. The average molecular weight is 311 g/mol. The molecule has 3 nitrogen and oxygen atoms in total. The summed E-state index contributed by atoms with van der Waals surface area (Å²) in [4.78, 5) is 1.19. The summed E-state index contributed by atoms with van der Waals surface area (Å²) in [5.74, 6) is 0.797. The van der Waals surface area contributed by atoms with Gasteiger partial charge in [0.25, 0.3) is 0 Å². The summed E-state index contributed by atoms with van der Waals surface area (Å²) in [6.45, 7) is 4.87. The fourth-order valence-corrected chi connectivity index (χ4v) is 2.95. The van der Waals surface area contributed by atoms with Crippen LogP contribution in [0.15, 0.2) is 30.3 Å². The first-order chi connectivity index (χ1) is 9.58. The van der Waals surface area contributed by atoms with E-state index in [1.807, 2.05) is 30.3 Å². The summed E-state index contributed by atoms with van der Waals surface area (Å²) < 4.78 is 6.43. The third-order valence-corrected chi connectivity index (χ3v) is 4.22. The van der Waals surface area contributed by atoms with E-state index in [2.05, 4.69) is 19.2 Å². The second kappa shape index (κ2) is 6.86. The minimum Gasteiger partial charge on any atom is -0.493 e. The van der Waals surface area contributed by atoms with E-state index < -0.39 is 0 Å². The lowest BCUT2D eigenvalue weighted by atomic mass is 10.2. The Morgan fingerprint density at radius 2 is 2.15 bits per heavy atom. The van der Waals surface area contributed by atoms with Gasteiger partial charge < -0.3 is 15.8 Å². The number of hydrogen-bond acceptors (Lipinski definition) is 4. The first-order valence-corrected chi connectivity index (χ1v) is 7.83. The highest BCUT2D eigenvalue weighted by Crippen LogP contribution is 2.30. The number of nitrogens with one attached hydrogen (secondary N) is 1. The highest BCUT2D eigenvalue weighted by atomic mass is 35.5. The molecule has 0 saturated carbocycles. The summed E-state index contributed by atoms with van der Waals surface area (Å²) >= 11 is 7.54. The van der Waals surface area contributed by atoms with Gasteiger partial charge in [-0.1, -0.05) is 18.5 Å². The first-order valence-electron chi connectivity index (χ1n) is 6.63. The number of benzene rings is 1. The van der Waals surface area contributed by atoms with Crippen molar-refractivity contribution < 1.29 is 4.74 Å². The number of hydrogen-bond donors (Lipinski definition) is 2. The molecule has 1 aromatic carbocycles. The van der Waals surface area contributed by atoms with E-state index in [4.69, 9.17) is 22.1 Å². The molecule has 0 radical (unpaired) electrons. The lowest BCUT2D eigenvalue weighted by Gasteiger charge is -2.15. The third kappa shape index (κ3) is 4.05. The first kappa shape index (κ1) is 15.0. The Kier molecular flexibility index (Phi) is 5.15. The molecule has 108 valence electrons. The van der Waals surface area contributed by atoms with Crippen LogP contribution in [0.4, 0.5) is 11.4 Å². The Balaban J connectivity index is 2.10. The van der Waals surface area contributed by atoms with Gasteiger partial charge in [-0.3, -0.25) is 0 Å². The fourth-order valence-electron chi connectivity index (χ4n) is 1.89. The quantitative estimate of drug-likeness (QED) is 0.742. The molecular weight excluding hydrogens is 292 g/mol. The number of nitrogens with two attached hydrogens (primary N) is 1. The predicted octanol–water partition coefficient (Wildman–Crippen LogP) is 4.95. The maximum atomic E-state index is 5.97. The summed E-state index contributed by atoms with van der Waals surface area (Å²) in [5, 5.41) is 3.42. The van der Waals surface area contributed by atoms with E-state index >= 15 is 0 Å². The molecule has 2 rings (SSSR count). The molecular formula is C15H19ClN2OS. The number of anilines is 2. The molecule has 0 saturated heterocycles. The van der Waals surface area contributed by atoms with E-state index in [-0.39, 0.29) is 6.04 Å². The summed E-state index contributed by atoms with van der Waals surface area (Å²) in [7, 11) is 0. The van der Waals surface area contributed by atoms with Crippen LogP contribution in [-0.4, -0.2) is 6.61 Å². The van der Waals surface area contributed by atoms with Crippen molar-refractivity contribution in [3.05, 3.63) is 39.5 Å². The molecule has 20 heavy (non-hydrogen) atoms. The van der Waals surface area contributed by atoms with Crippen LogP contribution in [-0.2, 0) is 0 Å². The fraction of sp³-hybridized carbons (Fsp3) is 0.333. The van der Waals surface area contributed by atoms with Crippen LogP contribution in [0.5, 0.6) is 5.75 Å². The number of thiophene rings is 1. The highest BCUT2D eigenvalue weighted by molar-refractivity contribution is 7.16. The van der Waals surface area contributed by atoms with Crippen molar-refractivity contribution in [3.63, 3.8) is 0 Å². The lowest BCUT2D eigenvalue weighted by Crippen LogP contribution is -2.06. The van der Waals surface area contributed by atoms with Crippen molar-refractivity contribution in [2.75, 3.05) is 17.7 Å². The molecule has 1 aromatic heterocycles. The minimum atomic E-state index is 0.174. The predicted molar refractivity (Wildman–Crippen MR) is 88.0 cm³/mol. The van der Waals surface area contributed by atoms with E-state index in [0.717, 1.165) is 22.2 Å². The van der Waals surface area contributed by atoms with Crippen LogP contribution < -0.4 is 15.8 Å². The van der Waals surface area contributed by atoms with Gasteiger partial charge in [-0.15, -0.1) is 11.3 Å². The van der Waals surface area contributed by atoms with Gasteiger partial charge in [0.1, 0.15) is 5.75 Å². The Morgan fingerprint density at radius 3 is 2.80 bits per heavy atom. The molecule has 3 N–H and O–H groups in total. The number of halogens is 1. The molecule has 0 amide bonds. The highest BCUT2D eigenvalue weighted by Gasteiger charge is 2.09. The molecule has 0 aliphatic heterocycles. The van der Waals surface area contributed by atoms with Crippen molar-refractivity contribution >= 4 is 34.3 Å². The minimum absolute atomic E-state index is 0.174. The zero-order chi connectivity index (χ0) is 14.5. The van der Waals surface area contributed by atoms with Crippen LogP contribution >= 0.6 is 22.9 Å². The summed E-state index contributed by atoms with van der Waals surface area (Å²) in [5.41, 5.74) is 7.56. The molecule has 0 spiro atoms. The van der Waals surface area contributed by atoms with Gasteiger partial charge in [0.2, 0.25) is 0 Å². The van der Waals surface area contributed by atoms with Crippen LogP contribution in [0.2, 0.25) is 4.34 Å². The second-order valence-corrected chi connectivity index (χ2v) is 6.39. The Labute approximate surface area is 128 Å². The molecule has 2 aromatic rings. The standard InChI is InChI=1S/C15H19ClN2OS/c1-3-6-19-13-8-11(17)7-12(9-13)18-10(2)14-4-5-15(16)20-14/h4-5,7-10,18H,3,6,17H2,1-2H3. The zero-order valence-electron chi connectivity index (χ0n) is 11.7. The van der Waals surface area contributed by atoms with Crippen molar-refractivity contribution in [1.82, 2.24) is 0 Å². The smallest absolute Gasteiger partial charge is 0.123 e.